The highest BCUT2D eigenvalue weighted by Crippen LogP contribution is 2.33. The van der Waals surface area contributed by atoms with Gasteiger partial charge in [-0.1, -0.05) is 0 Å². The van der Waals surface area contributed by atoms with E-state index in [9.17, 15) is 9.59 Å². The van der Waals surface area contributed by atoms with Gasteiger partial charge in [0.2, 0.25) is 0 Å². The van der Waals surface area contributed by atoms with Crippen molar-refractivity contribution < 1.29 is 9.59 Å². The van der Waals surface area contributed by atoms with E-state index in [0.29, 0.717) is 17.8 Å². The zero-order valence-electron chi connectivity index (χ0n) is 12.5. The molecule has 0 bridgehead atoms. The number of piperidine rings is 1. The fraction of sp³-hybridized carbons (Fsp3) is 0.588. The summed E-state index contributed by atoms with van der Waals surface area (Å²) < 4.78 is 0. The van der Waals surface area contributed by atoms with Crippen molar-refractivity contribution in [3.63, 3.8) is 0 Å². The lowest BCUT2D eigenvalue weighted by molar-refractivity contribution is -0.122. The second kappa shape index (κ2) is 5.96. The van der Waals surface area contributed by atoms with Gasteiger partial charge in [0, 0.05) is 37.3 Å². The van der Waals surface area contributed by atoms with Crippen molar-refractivity contribution in [1.29, 1.82) is 0 Å². The Hall–Kier alpha value is -1.71. The zero-order chi connectivity index (χ0) is 14.8. The normalized spacial score (nSPS) is 26.1. The van der Waals surface area contributed by atoms with Crippen molar-refractivity contribution in [1.82, 2.24) is 9.88 Å². The molecule has 1 aliphatic heterocycles. The Bertz CT molecular complexity index is 555. The SMILES string of the molecule is Cc1cncc(C(=O)N2CCCCC2C2CCCC2=O)c1. The first-order chi connectivity index (χ1) is 10.2. The number of ketones is 1. The standard InChI is InChI=1S/C17H22N2O2/c1-12-9-13(11-18-10-12)17(21)19-8-3-2-6-15(19)14-5-4-7-16(14)20/h9-11,14-15H,2-8H2,1H3. The number of nitrogens with zero attached hydrogens (tertiary/aromatic N) is 2. The van der Waals surface area contributed by atoms with Crippen molar-refractivity contribution in [2.45, 2.75) is 51.5 Å². The number of aromatic nitrogens is 1. The van der Waals surface area contributed by atoms with Gasteiger partial charge >= 0.3 is 0 Å². The van der Waals surface area contributed by atoms with Crippen LogP contribution in [0.4, 0.5) is 0 Å². The Labute approximate surface area is 125 Å². The molecule has 0 aromatic carbocycles. The second-order valence-corrected chi connectivity index (χ2v) is 6.28. The first-order valence-electron chi connectivity index (χ1n) is 7.92. The lowest BCUT2D eigenvalue weighted by Crippen LogP contribution is -2.48. The molecule has 2 unspecified atom stereocenters. The van der Waals surface area contributed by atoms with Crippen molar-refractivity contribution in [2.75, 3.05) is 6.54 Å². The van der Waals surface area contributed by atoms with Crippen molar-refractivity contribution in [2.24, 2.45) is 5.92 Å². The lowest BCUT2D eigenvalue weighted by atomic mass is 9.88. The molecule has 0 radical (unpaired) electrons. The van der Waals surface area contributed by atoms with Crippen LogP contribution in [0.3, 0.4) is 0 Å². The third-order valence-corrected chi connectivity index (χ3v) is 4.75. The Balaban J connectivity index is 1.83. The van der Waals surface area contributed by atoms with Crippen LogP contribution >= 0.6 is 0 Å². The molecule has 0 spiro atoms. The van der Waals surface area contributed by atoms with Gasteiger partial charge in [-0.15, -0.1) is 0 Å². The van der Waals surface area contributed by atoms with E-state index in [1.165, 1.54) is 0 Å². The van der Waals surface area contributed by atoms with Crippen molar-refractivity contribution in [3.05, 3.63) is 29.6 Å². The lowest BCUT2D eigenvalue weighted by Gasteiger charge is -2.38. The van der Waals surface area contributed by atoms with Crippen LogP contribution in [0.25, 0.3) is 0 Å². The molecule has 2 fully saturated rings. The minimum atomic E-state index is 0.0376. The van der Waals surface area contributed by atoms with E-state index in [1.807, 2.05) is 17.9 Å². The van der Waals surface area contributed by atoms with Crippen LogP contribution in [0.5, 0.6) is 0 Å². The number of hydrogen-bond acceptors (Lipinski definition) is 3. The molecule has 4 heteroatoms. The highest BCUT2D eigenvalue weighted by atomic mass is 16.2. The van der Waals surface area contributed by atoms with Crippen LogP contribution in [0.1, 0.15) is 54.4 Å². The number of hydrogen-bond donors (Lipinski definition) is 0. The average Bonchev–Trinajstić information content (AvgIpc) is 2.92. The molecular weight excluding hydrogens is 264 g/mol. The molecule has 112 valence electrons. The molecule has 1 aliphatic carbocycles. The fourth-order valence-corrected chi connectivity index (χ4v) is 3.72. The summed E-state index contributed by atoms with van der Waals surface area (Å²) in [6.45, 7) is 2.71. The summed E-state index contributed by atoms with van der Waals surface area (Å²) in [5.74, 6) is 0.449. The van der Waals surface area contributed by atoms with Gasteiger partial charge in [0.1, 0.15) is 5.78 Å². The quantitative estimate of drug-likeness (QED) is 0.840. The van der Waals surface area contributed by atoms with E-state index < -0.39 is 0 Å². The van der Waals surface area contributed by atoms with Gasteiger partial charge in [-0.25, -0.2) is 0 Å². The van der Waals surface area contributed by atoms with E-state index in [1.54, 1.807) is 12.4 Å². The minimum absolute atomic E-state index is 0.0376. The molecule has 1 saturated carbocycles. The fourth-order valence-electron chi connectivity index (χ4n) is 3.72. The molecule has 4 nitrogen and oxygen atoms in total. The van der Waals surface area contributed by atoms with Gasteiger partial charge in [0.05, 0.1) is 5.56 Å². The third kappa shape index (κ3) is 2.85. The highest BCUT2D eigenvalue weighted by molar-refractivity contribution is 5.95. The summed E-state index contributed by atoms with van der Waals surface area (Å²) in [4.78, 5) is 30.9. The van der Waals surface area contributed by atoms with E-state index >= 15 is 0 Å². The predicted molar refractivity (Wildman–Crippen MR) is 80.0 cm³/mol. The van der Waals surface area contributed by atoms with Gasteiger partial charge < -0.3 is 4.90 Å². The Morgan fingerprint density at radius 2 is 2.10 bits per heavy atom. The number of likely N-dealkylation sites (tertiary alicyclic amines) is 1. The largest absolute Gasteiger partial charge is 0.335 e. The van der Waals surface area contributed by atoms with Gasteiger partial charge in [-0.3, -0.25) is 14.6 Å². The predicted octanol–water partition coefficient (Wildman–Crippen LogP) is 2.75. The first-order valence-corrected chi connectivity index (χ1v) is 7.92. The maximum Gasteiger partial charge on any atom is 0.255 e. The number of pyridine rings is 1. The number of Topliss-reactive ketones (excluding diaryl/α,β-unsaturated/α-hetero) is 1. The van der Waals surface area contributed by atoms with Gasteiger partial charge in [-0.2, -0.15) is 0 Å². The number of aryl methyl sites for hydroxylation is 1. The van der Waals surface area contributed by atoms with E-state index in [4.69, 9.17) is 0 Å². The summed E-state index contributed by atoms with van der Waals surface area (Å²) in [5.41, 5.74) is 1.64. The maximum absolute atomic E-state index is 12.8. The molecular formula is C17H22N2O2. The number of carbonyl (C=O) groups is 2. The Morgan fingerprint density at radius 1 is 1.24 bits per heavy atom. The minimum Gasteiger partial charge on any atom is -0.335 e. The summed E-state index contributed by atoms with van der Waals surface area (Å²) in [6, 6.07) is 1.99. The molecule has 0 N–H and O–H groups in total. The van der Waals surface area contributed by atoms with Gasteiger partial charge in [0.15, 0.2) is 0 Å². The Kier molecular flexibility index (Phi) is 4.04. The van der Waals surface area contributed by atoms with Crippen LogP contribution in [-0.2, 0) is 4.79 Å². The topological polar surface area (TPSA) is 50.3 Å². The monoisotopic (exact) mass is 286 g/mol. The van der Waals surface area contributed by atoms with Crippen LogP contribution in [0, 0.1) is 12.8 Å². The van der Waals surface area contributed by atoms with Gasteiger partial charge in [0.25, 0.3) is 5.91 Å². The van der Waals surface area contributed by atoms with Gasteiger partial charge in [-0.05, 0) is 50.7 Å². The van der Waals surface area contributed by atoms with E-state index in [2.05, 4.69) is 4.98 Å². The number of rotatable bonds is 2. The van der Waals surface area contributed by atoms with Crippen molar-refractivity contribution >= 4 is 11.7 Å². The Morgan fingerprint density at radius 3 is 2.81 bits per heavy atom. The molecule has 2 atom stereocenters. The smallest absolute Gasteiger partial charge is 0.255 e. The maximum atomic E-state index is 12.8. The molecule has 1 amide bonds. The summed E-state index contributed by atoms with van der Waals surface area (Å²) in [5, 5.41) is 0. The van der Waals surface area contributed by atoms with E-state index in [0.717, 1.165) is 44.2 Å². The van der Waals surface area contributed by atoms with Crippen LogP contribution in [-0.4, -0.2) is 34.2 Å². The summed E-state index contributed by atoms with van der Waals surface area (Å²) in [7, 11) is 0. The summed E-state index contributed by atoms with van der Waals surface area (Å²) >= 11 is 0. The molecule has 1 aromatic heterocycles. The molecule has 3 rings (SSSR count). The van der Waals surface area contributed by atoms with E-state index in [-0.39, 0.29) is 17.9 Å². The molecule has 1 saturated heterocycles. The number of amides is 1. The third-order valence-electron chi connectivity index (χ3n) is 4.75. The average molecular weight is 286 g/mol. The molecule has 21 heavy (non-hydrogen) atoms. The van der Waals surface area contributed by atoms with Crippen LogP contribution in [0.15, 0.2) is 18.5 Å². The van der Waals surface area contributed by atoms with Crippen LogP contribution in [0.2, 0.25) is 0 Å². The summed E-state index contributed by atoms with van der Waals surface area (Å²) in [6.07, 6.45) is 9.11. The second-order valence-electron chi connectivity index (χ2n) is 6.28. The zero-order valence-corrected chi connectivity index (χ0v) is 12.5. The number of carbonyl (C=O) groups excluding carboxylic acids is 2. The van der Waals surface area contributed by atoms with Crippen LogP contribution < -0.4 is 0 Å². The van der Waals surface area contributed by atoms with Crippen molar-refractivity contribution in [3.8, 4) is 0 Å². The highest BCUT2D eigenvalue weighted by Gasteiger charge is 2.38. The molecule has 2 heterocycles. The molecule has 1 aromatic rings. The first kappa shape index (κ1) is 14.2. The molecule has 2 aliphatic rings.